The first-order valence-corrected chi connectivity index (χ1v) is 8.83. The Morgan fingerprint density at radius 1 is 1.19 bits per heavy atom. The van der Waals surface area contributed by atoms with Crippen LogP contribution in [0.2, 0.25) is 0 Å². The van der Waals surface area contributed by atoms with E-state index in [2.05, 4.69) is 20.1 Å². The average Bonchev–Trinajstić information content (AvgIpc) is 3.12. The van der Waals surface area contributed by atoms with Crippen LogP contribution >= 0.6 is 0 Å². The van der Waals surface area contributed by atoms with Crippen LogP contribution in [0, 0.1) is 5.82 Å². The first-order chi connectivity index (χ1) is 13.2. The number of benzene rings is 2. The molecule has 3 aromatic rings. The fraction of sp³-hybridized carbons (Fsp3) is 0.250. The number of carbonyl (C=O) groups is 1. The Morgan fingerprint density at radius 2 is 2.07 bits per heavy atom. The molecule has 0 fully saturated rings. The molecule has 0 bridgehead atoms. The highest BCUT2D eigenvalue weighted by molar-refractivity contribution is 6.04. The van der Waals surface area contributed by atoms with E-state index in [1.807, 2.05) is 18.2 Å². The fourth-order valence-electron chi connectivity index (χ4n) is 3.27. The van der Waals surface area contributed by atoms with Crippen molar-refractivity contribution in [3.05, 3.63) is 59.7 Å². The highest BCUT2D eigenvalue weighted by Crippen LogP contribution is 2.25. The van der Waals surface area contributed by atoms with Gasteiger partial charge in [0.1, 0.15) is 5.82 Å². The van der Waals surface area contributed by atoms with E-state index < -0.39 is 11.7 Å². The van der Waals surface area contributed by atoms with E-state index in [9.17, 15) is 9.18 Å². The third-order valence-corrected chi connectivity index (χ3v) is 4.65. The van der Waals surface area contributed by atoms with Gasteiger partial charge in [-0.2, -0.15) is 0 Å². The molecule has 0 saturated heterocycles. The number of amides is 1. The molecule has 4 rings (SSSR count). The van der Waals surface area contributed by atoms with Crippen LogP contribution in [0.15, 0.2) is 42.5 Å². The topological polar surface area (TPSA) is 69.0 Å². The van der Waals surface area contributed by atoms with Crippen LogP contribution in [0.1, 0.15) is 29.0 Å². The minimum absolute atomic E-state index is 0.102. The number of aromatic nitrogens is 3. The summed E-state index contributed by atoms with van der Waals surface area (Å²) in [4.78, 5) is 12.4. The zero-order chi connectivity index (χ0) is 18.8. The van der Waals surface area contributed by atoms with Crippen molar-refractivity contribution in [1.29, 1.82) is 0 Å². The lowest BCUT2D eigenvalue weighted by Gasteiger charge is -2.15. The van der Waals surface area contributed by atoms with E-state index in [0.717, 1.165) is 49.1 Å². The number of aryl methyl sites for hydroxylation is 1. The Balaban J connectivity index is 1.57. The number of halogens is 1. The van der Waals surface area contributed by atoms with Gasteiger partial charge in [0.15, 0.2) is 17.4 Å². The molecular formula is C20H19FN4O2. The fourth-order valence-corrected chi connectivity index (χ4v) is 3.27. The lowest BCUT2D eigenvalue weighted by molar-refractivity contribution is 0.102. The number of anilines is 1. The van der Waals surface area contributed by atoms with E-state index in [0.29, 0.717) is 5.69 Å². The van der Waals surface area contributed by atoms with E-state index in [1.165, 1.54) is 19.2 Å². The van der Waals surface area contributed by atoms with Gasteiger partial charge in [0.25, 0.3) is 5.91 Å². The molecule has 1 N–H and O–H groups in total. The summed E-state index contributed by atoms with van der Waals surface area (Å²) >= 11 is 0. The second-order valence-corrected chi connectivity index (χ2v) is 6.43. The van der Waals surface area contributed by atoms with Gasteiger partial charge in [-0.1, -0.05) is 12.1 Å². The summed E-state index contributed by atoms with van der Waals surface area (Å²) in [5.74, 6) is 0.937. The van der Waals surface area contributed by atoms with Gasteiger partial charge >= 0.3 is 0 Å². The SMILES string of the molecule is COc1ccc(C(=O)Nc2cccc(-c3nnc4n3CCCC4)c2)cc1F. The molecule has 1 aliphatic heterocycles. The van der Waals surface area contributed by atoms with Gasteiger partial charge in [-0.15, -0.1) is 10.2 Å². The summed E-state index contributed by atoms with van der Waals surface area (Å²) in [5, 5.41) is 11.4. The van der Waals surface area contributed by atoms with Crippen LogP contribution in [0.5, 0.6) is 5.75 Å². The quantitative estimate of drug-likeness (QED) is 0.765. The van der Waals surface area contributed by atoms with Gasteiger partial charge in [-0.25, -0.2) is 4.39 Å². The number of nitrogens with one attached hydrogen (secondary N) is 1. The number of methoxy groups -OCH3 is 1. The van der Waals surface area contributed by atoms with Gasteiger partial charge < -0.3 is 14.6 Å². The Morgan fingerprint density at radius 3 is 2.89 bits per heavy atom. The normalized spacial score (nSPS) is 13.1. The maximum atomic E-state index is 13.8. The molecule has 7 heteroatoms. The van der Waals surface area contributed by atoms with Crippen molar-refractivity contribution in [2.45, 2.75) is 25.8 Å². The lowest BCUT2D eigenvalue weighted by Crippen LogP contribution is -2.13. The van der Waals surface area contributed by atoms with Crippen molar-refractivity contribution >= 4 is 11.6 Å². The van der Waals surface area contributed by atoms with Crippen LogP contribution in [-0.4, -0.2) is 27.8 Å². The minimum atomic E-state index is -0.575. The first-order valence-electron chi connectivity index (χ1n) is 8.83. The molecule has 27 heavy (non-hydrogen) atoms. The third-order valence-electron chi connectivity index (χ3n) is 4.65. The zero-order valence-corrected chi connectivity index (χ0v) is 14.9. The second kappa shape index (κ2) is 7.19. The molecule has 0 aliphatic carbocycles. The Hall–Kier alpha value is -3.22. The van der Waals surface area contributed by atoms with Crippen molar-refractivity contribution in [2.75, 3.05) is 12.4 Å². The lowest BCUT2D eigenvalue weighted by atomic mass is 10.1. The Labute approximate surface area is 156 Å². The summed E-state index contributed by atoms with van der Waals surface area (Å²) in [6, 6.07) is 11.5. The largest absolute Gasteiger partial charge is 0.494 e. The van der Waals surface area contributed by atoms with Gasteiger partial charge in [-0.3, -0.25) is 4.79 Å². The molecular weight excluding hydrogens is 347 g/mol. The summed E-state index contributed by atoms with van der Waals surface area (Å²) in [6.45, 7) is 0.902. The predicted octanol–water partition coefficient (Wildman–Crippen LogP) is 3.68. The first kappa shape index (κ1) is 17.2. The van der Waals surface area contributed by atoms with Crippen LogP contribution < -0.4 is 10.1 Å². The third kappa shape index (κ3) is 3.40. The number of nitrogens with zero attached hydrogens (tertiary/aromatic N) is 3. The molecule has 138 valence electrons. The van der Waals surface area contributed by atoms with Crippen molar-refractivity contribution < 1.29 is 13.9 Å². The number of hydrogen-bond donors (Lipinski definition) is 1. The standard InChI is InChI=1S/C20H19FN4O2/c1-27-17-9-8-14(12-16(17)21)20(26)22-15-6-4-5-13(11-15)19-24-23-18-7-2-3-10-25(18)19/h4-6,8-9,11-12H,2-3,7,10H2,1H3,(H,22,26). The molecule has 1 aromatic heterocycles. The van der Waals surface area contributed by atoms with E-state index in [4.69, 9.17) is 4.74 Å². The Kier molecular flexibility index (Phi) is 4.58. The van der Waals surface area contributed by atoms with Crippen LogP contribution in [0.25, 0.3) is 11.4 Å². The minimum Gasteiger partial charge on any atom is -0.494 e. The maximum Gasteiger partial charge on any atom is 0.255 e. The number of hydrogen-bond acceptors (Lipinski definition) is 4. The van der Waals surface area contributed by atoms with Gasteiger partial charge in [0, 0.05) is 29.8 Å². The summed E-state index contributed by atoms with van der Waals surface area (Å²) in [7, 11) is 1.38. The highest BCUT2D eigenvalue weighted by Gasteiger charge is 2.17. The summed E-state index contributed by atoms with van der Waals surface area (Å²) in [6.07, 6.45) is 3.18. The highest BCUT2D eigenvalue weighted by atomic mass is 19.1. The van der Waals surface area contributed by atoms with Crippen molar-refractivity contribution in [3.8, 4) is 17.1 Å². The number of carbonyl (C=O) groups excluding carboxylic acids is 1. The molecule has 2 heterocycles. The van der Waals surface area contributed by atoms with Crippen molar-refractivity contribution in [3.63, 3.8) is 0 Å². The molecule has 0 spiro atoms. The summed E-state index contributed by atoms with van der Waals surface area (Å²) < 4.78 is 20.8. The molecule has 1 aliphatic rings. The van der Waals surface area contributed by atoms with Gasteiger partial charge in [0.2, 0.25) is 0 Å². The monoisotopic (exact) mass is 366 g/mol. The van der Waals surface area contributed by atoms with Crippen LogP contribution in [-0.2, 0) is 13.0 Å². The molecule has 0 unspecified atom stereocenters. The molecule has 2 aromatic carbocycles. The molecule has 0 radical (unpaired) electrons. The second-order valence-electron chi connectivity index (χ2n) is 6.43. The number of fused-ring (bicyclic) bond motifs is 1. The molecule has 1 amide bonds. The molecule has 0 atom stereocenters. The van der Waals surface area contributed by atoms with Crippen molar-refractivity contribution in [1.82, 2.24) is 14.8 Å². The van der Waals surface area contributed by atoms with Crippen LogP contribution in [0.3, 0.4) is 0 Å². The average molecular weight is 366 g/mol. The van der Waals surface area contributed by atoms with E-state index in [-0.39, 0.29) is 11.3 Å². The smallest absolute Gasteiger partial charge is 0.255 e. The number of ether oxygens (including phenoxy) is 1. The molecule has 6 nitrogen and oxygen atoms in total. The van der Waals surface area contributed by atoms with E-state index >= 15 is 0 Å². The molecule has 0 saturated carbocycles. The van der Waals surface area contributed by atoms with Crippen LogP contribution in [0.4, 0.5) is 10.1 Å². The predicted molar refractivity (Wildman–Crippen MR) is 99.3 cm³/mol. The van der Waals surface area contributed by atoms with E-state index in [1.54, 1.807) is 6.07 Å². The van der Waals surface area contributed by atoms with Gasteiger partial charge in [0.05, 0.1) is 7.11 Å². The number of rotatable bonds is 4. The van der Waals surface area contributed by atoms with Gasteiger partial charge in [-0.05, 0) is 43.2 Å². The zero-order valence-electron chi connectivity index (χ0n) is 14.9. The summed E-state index contributed by atoms with van der Waals surface area (Å²) in [5.41, 5.74) is 1.72. The van der Waals surface area contributed by atoms with Crippen molar-refractivity contribution in [2.24, 2.45) is 0 Å². The maximum absolute atomic E-state index is 13.8. The Bertz CT molecular complexity index is 999.